The molecule has 2 aromatic carbocycles. The van der Waals surface area contributed by atoms with E-state index < -0.39 is 29.0 Å². The van der Waals surface area contributed by atoms with Gasteiger partial charge in [0.15, 0.2) is 0 Å². The van der Waals surface area contributed by atoms with Gasteiger partial charge in [0.2, 0.25) is 0 Å². The molecule has 0 fully saturated rings. The molecular formula is C14H6ClF6. The Bertz CT molecular complexity index is 625. The molecule has 1 radical (unpaired) electrons. The van der Waals surface area contributed by atoms with Crippen molar-refractivity contribution in [3.8, 4) is 11.1 Å². The first-order valence-electron chi connectivity index (χ1n) is 5.55. The number of alkyl halides is 6. The Balaban J connectivity index is 2.83. The van der Waals surface area contributed by atoms with Crippen molar-refractivity contribution >= 4 is 11.6 Å². The Kier molecular flexibility index (Phi) is 3.93. The minimum atomic E-state index is -4.94. The van der Waals surface area contributed by atoms with E-state index in [0.29, 0.717) is 12.1 Å². The molecule has 21 heavy (non-hydrogen) atoms. The third-order valence-corrected chi connectivity index (χ3v) is 2.95. The fourth-order valence-corrected chi connectivity index (χ4v) is 2.09. The lowest BCUT2D eigenvalue weighted by Crippen LogP contribution is -2.14. The maximum Gasteiger partial charge on any atom is 0.417 e. The van der Waals surface area contributed by atoms with Crippen LogP contribution in [0.5, 0.6) is 0 Å². The monoisotopic (exact) mass is 323 g/mol. The van der Waals surface area contributed by atoms with Crippen LogP contribution in [0.1, 0.15) is 11.1 Å². The molecular weight excluding hydrogens is 318 g/mol. The van der Waals surface area contributed by atoms with E-state index >= 15 is 0 Å². The molecule has 0 aliphatic rings. The SMILES string of the molecule is FC(F)(F)c1c[c]cc(C(F)(F)F)c1-c1cccc(Cl)c1. The lowest BCUT2D eigenvalue weighted by atomic mass is 9.93. The molecule has 0 heterocycles. The Morgan fingerprint density at radius 1 is 0.857 bits per heavy atom. The lowest BCUT2D eigenvalue weighted by molar-refractivity contribution is -0.142. The highest BCUT2D eigenvalue weighted by atomic mass is 35.5. The molecule has 0 aliphatic carbocycles. The third kappa shape index (κ3) is 3.32. The molecule has 111 valence electrons. The van der Waals surface area contributed by atoms with Crippen molar-refractivity contribution in [3.63, 3.8) is 0 Å². The Morgan fingerprint density at radius 2 is 1.38 bits per heavy atom. The maximum atomic E-state index is 13.0. The lowest BCUT2D eigenvalue weighted by Gasteiger charge is -2.18. The fourth-order valence-electron chi connectivity index (χ4n) is 1.90. The summed E-state index contributed by atoms with van der Waals surface area (Å²) in [6.07, 6.45) is -9.87. The van der Waals surface area contributed by atoms with Crippen LogP contribution in [0.2, 0.25) is 5.02 Å². The summed E-state index contributed by atoms with van der Waals surface area (Å²) in [5.74, 6) is 0. The molecule has 2 rings (SSSR count). The molecule has 0 atom stereocenters. The van der Waals surface area contributed by atoms with Crippen LogP contribution >= 0.6 is 11.6 Å². The molecule has 0 spiro atoms. The molecule has 0 bridgehead atoms. The van der Waals surface area contributed by atoms with Gasteiger partial charge in [-0.1, -0.05) is 23.7 Å². The van der Waals surface area contributed by atoms with Crippen LogP contribution in [-0.2, 0) is 12.4 Å². The molecule has 0 aliphatic heterocycles. The van der Waals surface area contributed by atoms with E-state index in [4.69, 9.17) is 11.6 Å². The largest absolute Gasteiger partial charge is 0.417 e. The van der Waals surface area contributed by atoms with Crippen molar-refractivity contribution in [1.29, 1.82) is 0 Å². The Labute approximate surface area is 121 Å². The van der Waals surface area contributed by atoms with Crippen LogP contribution in [0, 0.1) is 6.07 Å². The highest BCUT2D eigenvalue weighted by Crippen LogP contribution is 2.44. The highest BCUT2D eigenvalue weighted by molar-refractivity contribution is 6.30. The predicted octanol–water partition coefficient (Wildman–Crippen LogP) is 5.84. The van der Waals surface area contributed by atoms with Gasteiger partial charge in [-0.05, 0) is 35.9 Å². The van der Waals surface area contributed by atoms with E-state index in [0.717, 1.165) is 12.1 Å². The van der Waals surface area contributed by atoms with Crippen LogP contribution < -0.4 is 0 Å². The molecule has 0 saturated carbocycles. The van der Waals surface area contributed by atoms with Gasteiger partial charge in [-0.15, -0.1) is 0 Å². The van der Waals surface area contributed by atoms with E-state index in [2.05, 4.69) is 0 Å². The summed E-state index contributed by atoms with van der Waals surface area (Å²) in [5.41, 5.74) is -4.01. The summed E-state index contributed by atoms with van der Waals surface area (Å²) >= 11 is 5.66. The summed E-state index contributed by atoms with van der Waals surface area (Å²) in [6.45, 7) is 0. The van der Waals surface area contributed by atoms with Gasteiger partial charge in [0.05, 0.1) is 11.1 Å². The van der Waals surface area contributed by atoms with Crippen molar-refractivity contribution in [1.82, 2.24) is 0 Å². The normalized spacial score (nSPS) is 12.5. The number of hydrogen-bond donors (Lipinski definition) is 0. The predicted molar refractivity (Wildman–Crippen MR) is 65.7 cm³/mol. The van der Waals surface area contributed by atoms with Gasteiger partial charge in [0, 0.05) is 10.6 Å². The number of rotatable bonds is 1. The van der Waals surface area contributed by atoms with Gasteiger partial charge in [-0.2, -0.15) is 26.3 Å². The van der Waals surface area contributed by atoms with Crippen LogP contribution in [-0.4, -0.2) is 0 Å². The van der Waals surface area contributed by atoms with E-state index in [1.807, 2.05) is 6.07 Å². The van der Waals surface area contributed by atoms with Gasteiger partial charge in [0.1, 0.15) is 0 Å². The van der Waals surface area contributed by atoms with Crippen molar-refractivity contribution in [3.05, 3.63) is 58.6 Å². The van der Waals surface area contributed by atoms with E-state index in [1.54, 1.807) is 0 Å². The quantitative estimate of drug-likeness (QED) is 0.578. The van der Waals surface area contributed by atoms with E-state index in [1.165, 1.54) is 12.1 Å². The van der Waals surface area contributed by atoms with Crippen molar-refractivity contribution in [2.45, 2.75) is 12.4 Å². The fraction of sp³-hybridized carbons (Fsp3) is 0.143. The molecule has 0 aromatic heterocycles. The summed E-state index contributed by atoms with van der Waals surface area (Å²) in [6, 6.07) is 7.73. The second-order valence-corrected chi connectivity index (χ2v) is 4.60. The van der Waals surface area contributed by atoms with Crippen LogP contribution in [0.4, 0.5) is 26.3 Å². The Morgan fingerprint density at radius 3 is 1.81 bits per heavy atom. The zero-order valence-corrected chi connectivity index (χ0v) is 10.9. The summed E-state index contributed by atoms with van der Waals surface area (Å²) < 4.78 is 77.9. The molecule has 0 amide bonds. The highest BCUT2D eigenvalue weighted by Gasteiger charge is 2.40. The van der Waals surface area contributed by atoms with Crippen molar-refractivity contribution in [2.75, 3.05) is 0 Å². The third-order valence-electron chi connectivity index (χ3n) is 2.72. The second kappa shape index (κ2) is 5.26. The number of benzene rings is 2. The van der Waals surface area contributed by atoms with Gasteiger partial charge in [0.25, 0.3) is 0 Å². The first-order valence-corrected chi connectivity index (χ1v) is 5.93. The smallest absolute Gasteiger partial charge is 0.166 e. The minimum Gasteiger partial charge on any atom is -0.166 e. The zero-order valence-electron chi connectivity index (χ0n) is 10.1. The van der Waals surface area contributed by atoms with Crippen LogP contribution in [0.15, 0.2) is 36.4 Å². The van der Waals surface area contributed by atoms with Gasteiger partial charge < -0.3 is 0 Å². The van der Waals surface area contributed by atoms with Crippen LogP contribution in [0.3, 0.4) is 0 Å². The molecule has 0 saturated heterocycles. The zero-order chi connectivity index (χ0) is 15.8. The topological polar surface area (TPSA) is 0 Å². The first kappa shape index (κ1) is 15.7. The van der Waals surface area contributed by atoms with Gasteiger partial charge in [-0.3, -0.25) is 0 Å². The van der Waals surface area contributed by atoms with E-state index in [9.17, 15) is 26.3 Å². The molecule has 0 N–H and O–H groups in total. The second-order valence-electron chi connectivity index (χ2n) is 4.16. The summed E-state index contributed by atoms with van der Waals surface area (Å²) in [5, 5.41) is 0.0431. The molecule has 7 heteroatoms. The molecule has 0 nitrogen and oxygen atoms in total. The Hall–Kier alpha value is -1.69. The maximum absolute atomic E-state index is 13.0. The van der Waals surface area contributed by atoms with E-state index in [-0.39, 0.29) is 10.6 Å². The van der Waals surface area contributed by atoms with Crippen molar-refractivity contribution in [2.24, 2.45) is 0 Å². The average molecular weight is 324 g/mol. The summed E-state index contributed by atoms with van der Waals surface area (Å²) in [4.78, 5) is 0. The van der Waals surface area contributed by atoms with Gasteiger partial charge in [-0.25, -0.2) is 0 Å². The summed E-state index contributed by atoms with van der Waals surface area (Å²) in [7, 11) is 0. The van der Waals surface area contributed by atoms with Crippen molar-refractivity contribution < 1.29 is 26.3 Å². The number of halogens is 7. The van der Waals surface area contributed by atoms with Crippen LogP contribution in [0.25, 0.3) is 11.1 Å². The minimum absolute atomic E-state index is 0.0431. The number of hydrogen-bond acceptors (Lipinski definition) is 0. The molecule has 0 unspecified atom stereocenters. The molecule has 2 aromatic rings. The first-order chi connectivity index (χ1) is 9.60. The standard InChI is InChI=1S/C14H6ClF6/c15-9-4-1-3-8(7-9)12-10(13(16,17)18)5-2-6-11(12)14(19,20)21/h1,3-7H. The average Bonchev–Trinajstić information content (AvgIpc) is 2.36. The van der Waals surface area contributed by atoms with Gasteiger partial charge >= 0.3 is 12.4 Å².